The van der Waals surface area contributed by atoms with E-state index >= 15 is 0 Å². The maximum Gasteiger partial charge on any atom is 0.358 e. The Morgan fingerprint density at radius 2 is 2.12 bits per heavy atom. The van der Waals surface area contributed by atoms with E-state index in [2.05, 4.69) is 5.32 Å². The zero-order valence-electron chi connectivity index (χ0n) is 8.53. The molecule has 7 nitrogen and oxygen atoms in total. The molecule has 6 N–H and O–H groups in total. The first kappa shape index (κ1) is 13.2. The number of hydrogen-bond acceptors (Lipinski definition) is 5. The Kier molecular flexibility index (Phi) is 3.47. The number of aliphatic hydroxyl groups excluding tert-OH is 3. The summed E-state index contributed by atoms with van der Waals surface area (Å²) in [6.07, 6.45) is 2.18. The molecule has 0 aromatic rings. The molecule has 0 aromatic carbocycles. The summed E-state index contributed by atoms with van der Waals surface area (Å²) >= 11 is 0. The SMILES string of the molecule is CC1(CO)NC=C(C(O)P(=O)(O)O)C=C1O. The van der Waals surface area contributed by atoms with Gasteiger partial charge in [-0.1, -0.05) is 0 Å². The van der Waals surface area contributed by atoms with E-state index in [1.165, 1.54) is 6.92 Å². The third-order valence-electron chi connectivity index (χ3n) is 2.36. The molecule has 1 heterocycles. The van der Waals surface area contributed by atoms with Crippen molar-refractivity contribution in [1.29, 1.82) is 0 Å². The Balaban J connectivity index is 2.96. The topological polar surface area (TPSA) is 130 Å². The fourth-order valence-electron chi connectivity index (χ4n) is 1.15. The number of aliphatic hydroxyl groups is 3. The van der Waals surface area contributed by atoms with Gasteiger partial charge in [0, 0.05) is 11.8 Å². The molecular formula is C8H14NO6P. The van der Waals surface area contributed by atoms with Gasteiger partial charge < -0.3 is 30.4 Å². The summed E-state index contributed by atoms with van der Waals surface area (Å²) in [5.41, 5.74) is -1.24. The van der Waals surface area contributed by atoms with Gasteiger partial charge in [0.1, 0.15) is 11.3 Å². The van der Waals surface area contributed by atoms with Crippen molar-refractivity contribution in [1.82, 2.24) is 5.32 Å². The van der Waals surface area contributed by atoms with Crippen LogP contribution in [-0.4, -0.2) is 43.1 Å². The molecule has 0 aromatic heterocycles. The highest BCUT2D eigenvalue weighted by molar-refractivity contribution is 7.52. The van der Waals surface area contributed by atoms with Gasteiger partial charge in [-0.15, -0.1) is 0 Å². The van der Waals surface area contributed by atoms with Crippen molar-refractivity contribution in [2.45, 2.75) is 18.3 Å². The highest BCUT2D eigenvalue weighted by Gasteiger charge is 2.35. The Bertz CT molecular complexity index is 386. The number of hydrogen-bond donors (Lipinski definition) is 6. The molecule has 0 fully saturated rings. The Morgan fingerprint density at radius 3 is 2.50 bits per heavy atom. The lowest BCUT2D eigenvalue weighted by atomic mass is 9.96. The van der Waals surface area contributed by atoms with Crippen LogP contribution in [0.25, 0.3) is 0 Å². The van der Waals surface area contributed by atoms with Gasteiger partial charge in [-0.3, -0.25) is 4.57 Å². The molecule has 0 saturated heterocycles. The quantitative estimate of drug-likeness (QED) is 0.361. The maximum atomic E-state index is 10.8. The van der Waals surface area contributed by atoms with Gasteiger partial charge in [0.05, 0.1) is 6.61 Å². The number of rotatable bonds is 3. The average molecular weight is 251 g/mol. The van der Waals surface area contributed by atoms with Gasteiger partial charge in [0.25, 0.3) is 0 Å². The molecule has 0 amide bonds. The van der Waals surface area contributed by atoms with E-state index in [0.717, 1.165) is 12.3 Å². The van der Waals surface area contributed by atoms with Crippen molar-refractivity contribution in [3.8, 4) is 0 Å². The van der Waals surface area contributed by atoms with Crippen molar-refractivity contribution < 1.29 is 29.7 Å². The van der Waals surface area contributed by atoms with Crippen molar-refractivity contribution in [3.63, 3.8) is 0 Å². The van der Waals surface area contributed by atoms with Gasteiger partial charge in [0.15, 0.2) is 5.85 Å². The minimum atomic E-state index is -4.67. The van der Waals surface area contributed by atoms with Gasteiger partial charge in [-0.05, 0) is 13.0 Å². The molecule has 92 valence electrons. The second-order valence-corrected chi connectivity index (χ2v) is 5.44. The highest BCUT2D eigenvalue weighted by Crippen LogP contribution is 2.44. The van der Waals surface area contributed by atoms with Crippen LogP contribution < -0.4 is 5.32 Å². The maximum absolute atomic E-state index is 10.8. The van der Waals surface area contributed by atoms with Crippen LogP contribution in [0.2, 0.25) is 0 Å². The van der Waals surface area contributed by atoms with Crippen molar-refractivity contribution in [2.24, 2.45) is 0 Å². The molecule has 0 spiro atoms. The van der Waals surface area contributed by atoms with Crippen molar-refractivity contribution >= 4 is 7.60 Å². The van der Waals surface area contributed by atoms with Crippen LogP contribution in [0.15, 0.2) is 23.6 Å². The van der Waals surface area contributed by atoms with Crippen LogP contribution in [-0.2, 0) is 4.57 Å². The molecule has 1 aliphatic heterocycles. The van der Waals surface area contributed by atoms with Gasteiger partial charge in [-0.2, -0.15) is 0 Å². The van der Waals surface area contributed by atoms with Crippen LogP contribution >= 0.6 is 7.60 Å². The lowest BCUT2D eigenvalue weighted by Crippen LogP contribution is -2.47. The second kappa shape index (κ2) is 4.20. The first-order valence-corrected chi connectivity index (χ1v) is 6.12. The summed E-state index contributed by atoms with van der Waals surface area (Å²) in [5, 5.41) is 30.4. The molecule has 1 aliphatic rings. The molecule has 0 saturated carbocycles. The summed E-state index contributed by atoms with van der Waals surface area (Å²) in [4.78, 5) is 17.5. The summed E-state index contributed by atoms with van der Waals surface area (Å²) in [6.45, 7) is 1.10. The zero-order valence-corrected chi connectivity index (χ0v) is 9.43. The summed E-state index contributed by atoms with van der Waals surface area (Å²) in [5.74, 6) is -2.30. The lowest BCUT2D eigenvalue weighted by molar-refractivity contribution is 0.162. The van der Waals surface area contributed by atoms with Crippen molar-refractivity contribution in [2.75, 3.05) is 6.61 Å². The molecule has 2 unspecified atom stereocenters. The summed E-state index contributed by atoms with van der Waals surface area (Å²) in [7, 11) is -4.67. The van der Waals surface area contributed by atoms with Crippen LogP contribution in [0.5, 0.6) is 0 Å². The monoisotopic (exact) mass is 251 g/mol. The van der Waals surface area contributed by atoms with Gasteiger partial charge >= 0.3 is 7.60 Å². The highest BCUT2D eigenvalue weighted by atomic mass is 31.2. The Labute approximate surface area is 91.9 Å². The number of nitrogens with one attached hydrogen (secondary N) is 1. The number of dihydropyridines is 1. The third-order valence-corrected chi connectivity index (χ3v) is 3.29. The second-order valence-electron chi connectivity index (χ2n) is 3.77. The molecular weight excluding hydrogens is 237 g/mol. The molecule has 8 heteroatoms. The molecule has 16 heavy (non-hydrogen) atoms. The Morgan fingerprint density at radius 1 is 1.56 bits per heavy atom. The van der Waals surface area contributed by atoms with E-state index < -0.39 is 25.6 Å². The minimum Gasteiger partial charge on any atom is -0.510 e. The fourth-order valence-corrected chi connectivity index (χ4v) is 1.68. The zero-order chi connectivity index (χ0) is 12.6. The summed E-state index contributed by atoms with van der Waals surface area (Å²) < 4.78 is 10.8. The van der Waals surface area contributed by atoms with Crippen molar-refractivity contribution in [3.05, 3.63) is 23.6 Å². The standard InChI is InChI=1S/C8H14NO6P/c1-8(4-10)6(11)2-5(3-9-8)7(12)16(13,14)15/h2-3,7,9-12H,4H2,1H3,(H2,13,14,15). The predicted octanol–water partition coefficient (Wildman–Crippen LogP) is -0.838. The normalized spacial score (nSPS) is 27.8. The molecule has 0 bridgehead atoms. The molecule has 0 radical (unpaired) electrons. The van der Waals surface area contributed by atoms with E-state index in [0.29, 0.717) is 0 Å². The average Bonchev–Trinajstić information content (AvgIpc) is 2.20. The van der Waals surface area contributed by atoms with E-state index in [-0.39, 0.29) is 11.3 Å². The van der Waals surface area contributed by atoms with Crippen LogP contribution in [0.1, 0.15) is 6.92 Å². The van der Waals surface area contributed by atoms with Gasteiger partial charge in [-0.25, -0.2) is 0 Å². The van der Waals surface area contributed by atoms with Crippen LogP contribution in [0.4, 0.5) is 0 Å². The van der Waals surface area contributed by atoms with Crippen LogP contribution in [0, 0.1) is 0 Å². The third kappa shape index (κ3) is 2.45. The first-order valence-electron chi connectivity index (χ1n) is 4.44. The van der Waals surface area contributed by atoms with Gasteiger partial charge in [0.2, 0.25) is 0 Å². The molecule has 2 atom stereocenters. The smallest absolute Gasteiger partial charge is 0.358 e. The lowest BCUT2D eigenvalue weighted by Gasteiger charge is -2.31. The fraction of sp³-hybridized carbons (Fsp3) is 0.500. The largest absolute Gasteiger partial charge is 0.510 e. The molecule has 0 aliphatic carbocycles. The summed E-state index contributed by atoms with van der Waals surface area (Å²) in [6, 6.07) is 0. The first-order chi connectivity index (χ1) is 7.20. The van der Waals surface area contributed by atoms with E-state index in [9.17, 15) is 14.8 Å². The Hall–Kier alpha value is -0.850. The van der Waals surface area contributed by atoms with E-state index in [4.69, 9.17) is 14.9 Å². The van der Waals surface area contributed by atoms with E-state index in [1.807, 2.05) is 0 Å². The molecule has 1 rings (SSSR count). The predicted molar refractivity (Wildman–Crippen MR) is 55.5 cm³/mol. The van der Waals surface area contributed by atoms with E-state index in [1.54, 1.807) is 0 Å². The minimum absolute atomic E-state index is 0.142. The van der Waals surface area contributed by atoms with Crippen LogP contribution in [0.3, 0.4) is 0 Å².